The maximum Gasteiger partial charge on any atom is 0.161 e. The van der Waals surface area contributed by atoms with Gasteiger partial charge in [0, 0.05) is 19.1 Å². The van der Waals surface area contributed by atoms with Crippen LogP contribution in [0.1, 0.15) is 31.4 Å². The summed E-state index contributed by atoms with van der Waals surface area (Å²) >= 11 is 0. The summed E-state index contributed by atoms with van der Waals surface area (Å²) in [6, 6.07) is 6.37. The van der Waals surface area contributed by atoms with E-state index in [1.54, 1.807) is 14.2 Å². The highest BCUT2D eigenvalue weighted by Crippen LogP contribution is 2.33. The predicted molar refractivity (Wildman–Crippen MR) is 81.3 cm³/mol. The van der Waals surface area contributed by atoms with Gasteiger partial charge in [-0.25, -0.2) is 0 Å². The van der Waals surface area contributed by atoms with Crippen LogP contribution in [0.5, 0.6) is 11.5 Å². The molecule has 0 aromatic heterocycles. The summed E-state index contributed by atoms with van der Waals surface area (Å²) in [7, 11) is 3.33. The second-order valence-electron chi connectivity index (χ2n) is 5.61. The molecule has 1 heterocycles. The number of nitrogens with two attached hydrogens (primary N) is 1. The van der Waals surface area contributed by atoms with E-state index in [9.17, 15) is 0 Å². The monoisotopic (exact) mass is 278 g/mol. The van der Waals surface area contributed by atoms with Crippen LogP contribution in [-0.4, -0.2) is 38.8 Å². The fourth-order valence-electron chi connectivity index (χ4n) is 3.06. The third-order valence-corrected chi connectivity index (χ3v) is 4.14. The van der Waals surface area contributed by atoms with Gasteiger partial charge in [-0.05, 0) is 43.0 Å². The zero-order valence-electron chi connectivity index (χ0n) is 12.8. The summed E-state index contributed by atoms with van der Waals surface area (Å²) in [6.45, 7) is 5.19. The number of hydrogen-bond acceptors (Lipinski definition) is 4. The maximum atomic E-state index is 6.03. The smallest absolute Gasteiger partial charge is 0.161 e. The topological polar surface area (TPSA) is 47.7 Å². The molecule has 4 heteroatoms. The van der Waals surface area contributed by atoms with E-state index in [-0.39, 0.29) is 6.04 Å². The van der Waals surface area contributed by atoms with Crippen molar-refractivity contribution in [3.8, 4) is 11.5 Å². The molecule has 2 N–H and O–H groups in total. The molecule has 0 spiro atoms. The molecule has 1 aliphatic rings. The van der Waals surface area contributed by atoms with E-state index >= 15 is 0 Å². The van der Waals surface area contributed by atoms with E-state index < -0.39 is 0 Å². The first-order valence-corrected chi connectivity index (χ1v) is 7.35. The number of benzene rings is 1. The fourth-order valence-corrected chi connectivity index (χ4v) is 3.06. The van der Waals surface area contributed by atoms with Crippen LogP contribution in [0.3, 0.4) is 0 Å². The zero-order chi connectivity index (χ0) is 14.5. The van der Waals surface area contributed by atoms with Crippen molar-refractivity contribution in [3.05, 3.63) is 23.8 Å². The van der Waals surface area contributed by atoms with Crippen LogP contribution in [0.4, 0.5) is 0 Å². The van der Waals surface area contributed by atoms with Crippen LogP contribution >= 0.6 is 0 Å². The minimum Gasteiger partial charge on any atom is -0.493 e. The first-order valence-electron chi connectivity index (χ1n) is 7.35. The van der Waals surface area contributed by atoms with Crippen LogP contribution < -0.4 is 15.2 Å². The largest absolute Gasteiger partial charge is 0.493 e. The van der Waals surface area contributed by atoms with Crippen molar-refractivity contribution in [2.24, 2.45) is 11.7 Å². The molecule has 1 aliphatic heterocycles. The number of ether oxygens (including phenoxy) is 2. The summed E-state index contributed by atoms with van der Waals surface area (Å²) < 4.78 is 10.7. The first-order chi connectivity index (χ1) is 9.69. The third kappa shape index (κ3) is 3.25. The van der Waals surface area contributed by atoms with Gasteiger partial charge in [0.1, 0.15) is 0 Å². The molecule has 1 aromatic rings. The molecule has 1 fully saturated rings. The van der Waals surface area contributed by atoms with Gasteiger partial charge in [-0.3, -0.25) is 4.90 Å². The Morgan fingerprint density at radius 2 is 2.05 bits per heavy atom. The average Bonchev–Trinajstić information content (AvgIpc) is 2.48. The lowest BCUT2D eigenvalue weighted by molar-refractivity contribution is 0.133. The molecule has 2 unspecified atom stereocenters. The van der Waals surface area contributed by atoms with Gasteiger partial charge in [0.05, 0.1) is 14.2 Å². The SMILES string of the molecule is COc1ccc(C(CN)N2CCCC(C)C2)cc1OC. The molecular weight excluding hydrogens is 252 g/mol. The Labute approximate surface area is 121 Å². The van der Waals surface area contributed by atoms with Gasteiger partial charge in [-0.1, -0.05) is 13.0 Å². The van der Waals surface area contributed by atoms with Crippen LogP contribution in [0.25, 0.3) is 0 Å². The molecule has 4 nitrogen and oxygen atoms in total. The summed E-state index contributed by atoms with van der Waals surface area (Å²) in [6.07, 6.45) is 2.57. The number of piperidine rings is 1. The van der Waals surface area contributed by atoms with E-state index in [2.05, 4.69) is 24.0 Å². The number of hydrogen-bond donors (Lipinski definition) is 1. The predicted octanol–water partition coefficient (Wildman–Crippen LogP) is 2.44. The molecule has 0 bridgehead atoms. The van der Waals surface area contributed by atoms with E-state index in [4.69, 9.17) is 15.2 Å². The number of nitrogens with zero attached hydrogens (tertiary/aromatic N) is 1. The molecule has 20 heavy (non-hydrogen) atoms. The number of rotatable bonds is 5. The lowest BCUT2D eigenvalue weighted by Crippen LogP contribution is -2.40. The van der Waals surface area contributed by atoms with Gasteiger partial charge in [0.15, 0.2) is 11.5 Å². The molecule has 1 saturated heterocycles. The molecule has 0 saturated carbocycles. The minimum atomic E-state index is 0.262. The van der Waals surface area contributed by atoms with Crippen LogP contribution in [0, 0.1) is 5.92 Å². The highest BCUT2D eigenvalue weighted by atomic mass is 16.5. The van der Waals surface area contributed by atoms with Gasteiger partial charge in [-0.15, -0.1) is 0 Å². The van der Waals surface area contributed by atoms with Crippen molar-refractivity contribution >= 4 is 0 Å². The summed E-state index contributed by atoms with van der Waals surface area (Å²) in [4.78, 5) is 2.50. The first kappa shape index (κ1) is 15.1. The molecular formula is C16H26N2O2. The normalized spacial score (nSPS) is 21.5. The Kier molecular flexibility index (Phi) is 5.26. The van der Waals surface area contributed by atoms with Gasteiger partial charge in [0.2, 0.25) is 0 Å². The van der Waals surface area contributed by atoms with Crippen molar-refractivity contribution in [2.75, 3.05) is 33.9 Å². The van der Waals surface area contributed by atoms with E-state index in [0.29, 0.717) is 6.54 Å². The lowest BCUT2D eigenvalue weighted by Gasteiger charge is -2.37. The quantitative estimate of drug-likeness (QED) is 0.898. The van der Waals surface area contributed by atoms with Crippen LogP contribution in [-0.2, 0) is 0 Å². The van der Waals surface area contributed by atoms with Crippen molar-refractivity contribution in [3.63, 3.8) is 0 Å². The van der Waals surface area contributed by atoms with Gasteiger partial charge in [-0.2, -0.15) is 0 Å². The summed E-state index contributed by atoms with van der Waals surface area (Å²) in [5.74, 6) is 2.28. The lowest BCUT2D eigenvalue weighted by atomic mass is 9.96. The van der Waals surface area contributed by atoms with Crippen LogP contribution in [0.15, 0.2) is 18.2 Å². The second kappa shape index (κ2) is 6.95. The standard InChI is InChI=1S/C16H26N2O2/c1-12-5-4-8-18(11-12)14(10-17)13-6-7-15(19-2)16(9-13)20-3/h6-7,9,12,14H,4-5,8,10-11,17H2,1-3H3. The Hall–Kier alpha value is -1.26. The highest BCUT2D eigenvalue weighted by molar-refractivity contribution is 5.43. The average molecular weight is 278 g/mol. The van der Waals surface area contributed by atoms with Gasteiger partial charge in [0.25, 0.3) is 0 Å². The zero-order valence-corrected chi connectivity index (χ0v) is 12.8. The molecule has 1 aromatic carbocycles. The molecule has 0 aliphatic carbocycles. The Morgan fingerprint density at radius 1 is 1.30 bits per heavy atom. The fraction of sp³-hybridized carbons (Fsp3) is 0.625. The number of likely N-dealkylation sites (tertiary alicyclic amines) is 1. The Bertz CT molecular complexity index is 436. The Balaban J connectivity index is 2.22. The van der Waals surface area contributed by atoms with Gasteiger partial charge >= 0.3 is 0 Å². The van der Waals surface area contributed by atoms with Crippen molar-refractivity contribution in [1.82, 2.24) is 4.90 Å². The molecule has 0 radical (unpaired) electrons. The van der Waals surface area contributed by atoms with Crippen molar-refractivity contribution < 1.29 is 9.47 Å². The molecule has 0 amide bonds. The molecule has 2 rings (SSSR count). The van der Waals surface area contributed by atoms with Crippen LogP contribution in [0.2, 0.25) is 0 Å². The van der Waals surface area contributed by atoms with Crippen molar-refractivity contribution in [1.29, 1.82) is 0 Å². The van der Waals surface area contributed by atoms with E-state index in [0.717, 1.165) is 30.5 Å². The van der Waals surface area contributed by atoms with Gasteiger partial charge < -0.3 is 15.2 Å². The van der Waals surface area contributed by atoms with E-state index in [1.807, 2.05) is 6.07 Å². The summed E-state index contributed by atoms with van der Waals surface area (Å²) in [5.41, 5.74) is 7.24. The maximum absolute atomic E-state index is 6.03. The molecule has 112 valence electrons. The van der Waals surface area contributed by atoms with Crippen molar-refractivity contribution in [2.45, 2.75) is 25.8 Å². The molecule has 2 atom stereocenters. The number of methoxy groups -OCH3 is 2. The second-order valence-corrected chi connectivity index (χ2v) is 5.61. The highest BCUT2D eigenvalue weighted by Gasteiger charge is 2.24. The summed E-state index contributed by atoms with van der Waals surface area (Å²) in [5, 5.41) is 0. The van der Waals surface area contributed by atoms with E-state index in [1.165, 1.54) is 18.4 Å². The Morgan fingerprint density at radius 3 is 2.65 bits per heavy atom. The third-order valence-electron chi connectivity index (χ3n) is 4.14. The minimum absolute atomic E-state index is 0.262.